The Morgan fingerprint density at radius 2 is 2.18 bits per heavy atom. The van der Waals surface area contributed by atoms with Crippen molar-refractivity contribution in [2.75, 3.05) is 27.2 Å². The van der Waals surface area contributed by atoms with Gasteiger partial charge in [0.05, 0.1) is 0 Å². The Hall–Kier alpha value is -1.07. The monoisotopic (exact) mass is 328 g/mol. The molecule has 0 radical (unpaired) electrons. The normalized spacial score (nSPS) is 18.6. The second-order valence-corrected chi connectivity index (χ2v) is 6.44. The van der Waals surface area contributed by atoms with Gasteiger partial charge in [0, 0.05) is 50.4 Å². The van der Waals surface area contributed by atoms with Crippen molar-refractivity contribution in [2.45, 2.75) is 51.6 Å². The minimum Gasteiger partial charge on any atom is -0.341 e. The minimum absolute atomic E-state index is 0. The third kappa shape index (κ3) is 4.71. The maximum absolute atomic E-state index is 12.4. The lowest BCUT2D eigenvalue weighted by Gasteiger charge is -2.36. The maximum Gasteiger partial charge on any atom is 0.223 e. The Kier molecular flexibility index (Phi) is 7.36. The number of halogens is 1. The van der Waals surface area contributed by atoms with Crippen molar-refractivity contribution in [3.63, 3.8) is 0 Å². The molecule has 1 aliphatic heterocycles. The van der Waals surface area contributed by atoms with E-state index in [0.29, 0.717) is 18.5 Å². The van der Waals surface area contributed by atoms with Crippen LogP contribution in [0.1, 0.15) is 45.0 Å². The molecule has 1 aromatic heterocycles. The molecule has 126 valence electrons. The van der Waals surface area contributed by atoms with Crippen LogP contribution in [-0.2, 0) is 11.2 Å². The number of likely N-dealkylation sites (N-methyl/N-ethyl adjacent to an activating group) is 1. The second-order valence-electron chi connectivity index (χ2n) is 6.44. The van der Waals surface area contributed by atoms with Crippen molar-refractivity contribution in [3.05, 3.63) is 18.2 Å². The minimum atomic E-state index is 0. The molecule has 1 amide bonds. The van der Waals surface area contributed by atoms with E-state index in [4.69, 9.17) is 0 Å². The molecule has 5 nitrogen and oxygen atoms in total. The van der Waals surface area contributed by atoms with Crippen LogP contribution < -0.4 is 0 Å². The number of aromatic nitrogens is 2. The third-order valence-electron chi connectivity index (χ3n) is 4.35. The molecule has 22 heavy (non-hydrogen) atoms. The van der Waals surface area contributed by atoms with E-state index < -0.39 is 0 Å². The van der Waals surface area contributed by atoms with E-state index in [1.165, 1.54) is 6.42 Å². The molecule has 0 saturated carbocycles. The predicted molar refractivity (Wildman–Crippen MR) is 91.5 cm³/mol. The summed E-state index contributed by atoms with van der Waals surface area (Å²) in [6, 6.07) is 0.895. The van der Waals surface area contributed by atoms with E-state index in [2.05, 4.69) is 42.4 Å². The fraction of sp³-hybridized carbons (Fsp3) is 0.750. The van der Waals surface area contributed by atoms with Crippen LogP contribution in [0.4, 0.5) is 0 Å². The summed E-state index contributed by atoms with van der Waals surface area (Å²) < 4.78 is 2.14. The zero-order valence-corrected chi connectivity index (χ0v) is 15.0. The molecular formula is C16H29ClN4O. The van der Waals surface area contributed by atoms with E-state index in [9.17, 15) is 4.79 Å². The number of imidazole rings is 1. The molecule has 0 N–H and O–H groups in total. The molecule has 2 rings (SSSR count). The summed E-state index contributed by atoms with van der Waals surface area (Å²) >= 11 is 0. The quantitative estimate of drug-likeness (QED) is 0.833. The summed E-state index contributed by atoms with van der Waals surface area (Å²) in [6.07, 6.45) is 7.40. The Balaban J connectivity index is 0.00000242. The van der Waals surface area contributed by atoms with Gasteiger partial charge in [0.25, 0.3) is 0 Å². The van der Waals surface area contributed by atoms with Gasteiger partial charge in [-0.25, -0.2) is 4.98 Å². The second kappa shape index (κ2) is 8.53. The van der Waals surface area contributed by atoms with Crippen molar-refractivity contribution in [1.82, 2.24) is 19.4 Å². The van der Waals surface area contributed by atoms with Crippen LogP contribution in [-0.4, -0.2) is 58.5 Å². The lowest BCUT2D eigenvalue weighted by molar-refractivity contribution is -0.133. The van der Waals surface area contributed by atoms with Crippen LogP contribution in [0.15, 0.2) is 12.4 Å². The molecule has 6 heteroatoms. The number of aryl methyl sites for hydroxylation is 1. The SMILES string of the molecule is CC(C)n1ccnc1CCC(=O)N1CCC[C@@H](N(C)C)C1.Cl. The van der Waals surface area contributed by atoms with Crippen molar-refractivity contribution in [1.29, 1.82) is 0 Å². The van der Waals surface area contributed by atoms with Crippen LogP contribution >= 0.6 is 12.4 Å². The highest BCUT2D eigenvalue weighted by Crippen LogP contribution is 2.16. The summed E-state index contributed by atoms with van der Waals surface area (Å²) in [6.45, 7) is 6.05. The molecule has 0 aromatic carbocycles. The summed E-state index contributed by atoms with van der Waals surface area (Å²) in [7, 11) is 4.19. The maximum atomic E-state index is 12.4. The van der Waals surface area contributed by atoms with Crippen molar-refractivity contribution >= 4 is 18.3 Å². The Morgan fingerprint density at radius 3 is 2.82 bits per heavy atom. The average molecular weight is 329 g/mol. The molecule has 1 aromatic rings. The highest BCUT2D eigenvalue weighted by Gasteiger charge is 2.24. The average Bonchev–Trinajstić information content (AvgIpc) is 2.93. The van der Waals surface area contributed by atoms with Gasteiger partial charge in [-0.05, 0) is 40.8 Å². The van der Waals surface area contributed by atoms with Gasteiger partial charge in [0.2, 0.25) is 5.91 Å². The largest absolute Gasteiger partial charge is 0.341 e. The first kappa shape index (κ1) is 19.0. The van der Waals surface area contributed by atoms with Crippen LogP contribution in [0.25, 0.3) is 0 Å². The third-order valence-corrected chi connectivity index (χ3v) is 4.35. The lowest BCUT2D eigenvalue weighted by Crippen LogP contribution is -2.47. The Morgan fingerprint density at radius 1 is 1.45 bits per heavy atom. The molecule has 1 fully saturated rings. The molecular weight excluding hydrogens is 300 g/mol. The van der Waals surface area contributed by atoms with Gasteiger partial charge in [-0.15, -0.1) is 12.4 Å². The van der Waals surface area contributed by atoms with Crippen LogP contribution in [0.3, 0.4) is 0 Å². The zero-order valence-electron chi connectivity index (χ0n) is 14.2. The number of piperidine rings is 1. The predicted octanol–water partition coefficient (Wildman–Crippen LogP) is 2.37. The van der Waals surface area contributed by atoms with Crippen molar-refractivity contribution in [3.8, 4) is 0 Å². The number of amides is 1. The fourth-order valence-corrected chi connectivity index (χ4v) is 2.99. The van der Waals surface area contributed by atoms with Crippen LogP contribution in [0.2, 0.25) is 0 Å². The topological polar surface area (TPSA) is 41.4 Å². The van der Waals surface area contributed by atoms with E-state index in [-0.39, 0.29) is 18.3 Å². The van der Waals surface area contributed by atoms with Crippen molar-refractivity contribution < 1.29 is 4.79 Å². The fourth-order valence-electron chi connectivity index (χ4n) is 2.99. The van der Waals surface area contributed by atoms with E-state index in [0.717, 1.165) is 31.8 Å². The van der Waals surface area contributed by atoms with Gasteiger partial charge in [-0.3, -0.25) is 4.79 Å². The number of rotatable bonds is 5. The molecule has 1 saturated heterocycles. The van der Waals surface area contributed by atoms with Gasteiger partial charge in [0.1, 0.15) is 5.82 Å². The standard InChI is InChI=1S/C16H28N4O.ClH/c1-13(2)20-11-9-17-15(20)7-8-16(21)19-10-5-6-14(12-19)18(3)4;/h9,11,13-14H,5-8,10,12H2,1-4H3;1H/t14-;/m1./s1. The first-order chi connectivity index (χ1) is 9.99. The number of nitrogens with zero attached hydrogens (tertiary/aromatic N) is 4. The molecule has 0 aliphatic carbocycles. The summed E-state index contributed by atoms with van der Waals surface area (Å²) in [4.78, 5) is 21.0. The summed E-state index contributed by atoms with van der Waals surface area (Å²) in [5.74, 6) is 1.28. The molecule has 0 spiro atoms. The highest BCUT2D eigenvalue weighted by molar-refractivity contribution is 5.85. The van der Waals surface area contributed by atoms with Crippen LogP contribution in [0, 0.1) is 0 Å². The first-order valence-electron chi connectivity index (χ1n) is 7.95. The van der Waals surface area contributed by atoms with Crippen molar-refractivity contribution in [2.24, 2.45) is 0 Å². The van der Waals surface area contributed by atoms with Gasteiger partial charge in [-0.2, -0.15) is 0 Å². The van der Waals surface area contributed by atoms with Gasteiger partial charge >= 0.3 is 0 Å². The smallest absolute Gasteiger partial charge is 0.223 e. The molecule has 2 heterocycles. The Bertz CT molecular complexity index is 472. The van der Waals surface area contributed by atoms with Gasteiger partial charge in [0.15, 0.2) is 0 Å². The molecule has 1 aliphatic rings. The molecule has 0 unspecified atom stereocenters. The molecule has 0 bridgehead atoms. The van der Waals surface area contributed by atoms with Crippen LogP contribution in [0.5, 0.6) is 0 Å². The van der Waals surface area contributed by atoms with Gasteiger partial charge in [-0.1, -0.05) is 0 Å². The zero-order chi connectivity index (χ0) is 15.4. The number of likely N-dealkylation sites (tertiary alicyclic amines) is 1. The number of hydrogen-bond acceptors (Lipinski definition) is 3. The number of carbonyl (C=O) groups is 1. The van der Waals surface area contributed by atoms with E-state index in [1.54, 1.807) is 0 Å². The van der Waals surface area contributed by atoms with Gasteiger partial charge < -0.3 is 14.4 Å². The highest BCUT2D eigenvalue weighted by atomic mass is 35.5. The first-order valence-corrected chi connectivity index (χ1v) is 7.95. The number of carbonyl (C=O) groups excluding carboxylic acids is 1. The Labute approximate surface area is 140 Å². The van der Waals surface area contributed by atoms with E-state index >= 15 is 0 Å². The lowest BCUT2D eigenvalue weighted by atomic mass is 10.0. The summed E-state index contributed by atoms with van der Waals surface area (Å²) in [5.41, 5.74) is 0. The summed E-state index contributed by atoms with van der Waals surface area (Å²) in [5, 5.41) is 0. The van der Waals surface area contributed by atoms with E-state index in [1.807, 2.05) is 17.3 Å². The number of hydrogen-bond donors (Lipinski definition) is 0. The molecule has 1 atom stereocenters.